The first-order valence-corrected chi connectivity index (χ1v) is 10.8. The predicted molar refractivity (Wildman–Crippen MR) is 121 cm³/mol. The molecule has 4 rings (SSSR count). The van der Waals surface area contributed by atoms with Crippen molar-refractivity contribution in [2.24, 2.45) is 7.05 Å². The molecule has 0 spiro atoms. The highest BCUT2D eigenvalue weighted by atomic mass is 35.5. The van der Waals surface area contributed by atoms with Crippen LogP contribution in [0.1, 0.15) is 12.5 Å². The van der Waals surface area contributed by atoms with Crippen LogP contribution in [0.3, 0.4) is 0 Å². The van der Waals surface area contributed by atoms with Gasteiger partial charge in [-0.25, -0.2) is 4.79 Å². The molecule has 0 saturated carbocycles. The lowest BCUT2D eigenvalue weighted by atomic mass is 10.2. The molecule has 0 amide bonds. The zero-order chi connectivity index (χ0) is 22.0. The van der Waals surface area contributed by atoms with Crippen LogP contribution in [0.4, 0.5) is 5.95 Å². The molecule has 3 heterocycles. The molecule has 2 aromatic heterocycles. The minimum Gasteiger partial charge on any atom is -0.380 e. The Labute approximate surface area is 184 Å². The Kier molecular flexibility index (Phi) is 6.45. The Balaban J connectivity index is 1.58. The predicted octanol–water partition coefficient (Wildman–Crippen LogP) is 1.44. The molecule has 1 saturated heterocycles. The van der Waals surface area contributed by atoms with Gasteiger partial charge in [0.05, 0.1) is 6.61 Å². The fourth-order valence-electron chi connectivity index (χ4n) is 3.98. The van der Waals surface area contributed by atoms with Gasteiger partial charge >= 0.3 is 5.69 Å². The Morgan fingerprint density at radius 2 is 1.97 bits per heavy atom. The molecule has 166 valence electrons. The van der Waals surface area contributed by atoms with Crippen molar-refractivity contribution < 1.29 is 4.74 Å². The molecule has 0 unspecified atom stereocenters. The van der Waals surface area contributed by atoms with Crippen LogP contribution in [0.5, 0.6) is 0 Å². The second-order valence-electron chi connectivity index (χ2n) is 7.64. The van der Waals surface area contributed by atoms with Gasteiger partial charge in [0.1, 0.15) is 0 Å². The van der Waals surface area contributed by atoms with E-state index in [0.29, 0.717) is 36.9 Å². The molecule has 1 aromatic carbocycles. The Morgan fingerprint density at radius 1 is 1.19 bits per heavy atom. The van der Waals surface area contributed by atoms with Crippen molar-refractivity contribution in [3.8, 4) is 0 Å². The van der Waals surface area contributed by atoms with Crippen LogP contribution in [0, 0.1) is 0 Å². The number of nitrogens with one attached hydrogen (secondary N) is 1. The highest BCUT2D eigenvalue weighted by Crippen LogP contribution is 2.22. The first-order chi connectivity index (χ1) is 15.0. The number of imidazole rings is 1. The average molecular weight is 447 g/mol. The Bertz CT molecular complexity index is 1180. The van der Waals surface area contributed by atoms with E-state index in [2.05, 4.69) is 20.9 Å². The zero-order valence-corrected chi connectivity index (χ0v) is 18.6. The number of benzene rings is 1. The standard InChI is InChI=1S/C21H27ClN6O3/c1-3-31-12-11-28-17-18(25(2)21(30)24-19(17)29)23-20(28)27-9-7-26(8-10-27)14-15-5-4-6-16(22)13-15/h4-6,13H,3,7-12,14H2,1-2H3,(H,24,29,30). The Morgan fingerprint density at radius 3 is 2.68 bits per heavy atom. The molecule has 0 bridgehead atoms. The molecule has 0 atom stereocenters. The third-order valence-corrected chi connectivity index (χ3v) is 5.84. The number of halogens is 1. The number of ether oxygens (including phenoxy) is 1. The summed E-state index contributed by atoms with van der Waals surface area (Å²) in [7, 11) is 1.62. The van der Waals surface area contributed by atoms with Gasteiger partial charge in [0.2, 0.25) is 5.95 Å². The minimum absolute atomic E-state index is 0.390. The number of piperazine rings is 1. The summed E-state index contributed by atoms with van der Waals surface area (Å²) < 4.78 is 8.77. The maximum absolute atomic E-state index is 12.6. The fraction of sp³-hybridized carbons (Fsp3) is 0.476. The lowest BCUT2D eigenvalue weighted by molar-refractivity contribution is 0.140. The lowest BCUT2D eigenvalue weighted by Crippen LogP contribution is -2.47. The van der Waals surface area contributed by atoms with Crippen molar-refractivity contribution in [1.29, 1.82) is 0 Å². The SMILES string of the molecule is CCOCCn1c(N2CCN(Cc3cccc(Cl)c3)CC2)nc2c1c(=O)[nH]c(=O)n2C. The molecule has 31 heavy (non-hydrogen) atoms. The summed E-state index contributed by atoms with van der Waals surface area (Å²) in [5.41, 5.74) is 1.09. The van der Waals surface area contributed by atoms with Gasteiger partial charge in [-0.2, -0.15) is 4.98 Å². The third kappa shape index (κ3) is 4.53. The van der Waals surface area contributed by atoms with Crippen LogP contribution in [0.25, 0.3) is 11.2 Å². The number of H-pyrrole nitrogens is 1. The van der Waals surface area contributed by atoms with Gasteiger partial charge in [-0.15, -0.1) is 0 Å². The van der Waals surface area contributed by atoms with Crippen LogP contribution in [-0.2, 0) is 24.9 Å². The van der Waals surface area contributed by atoms with Gasteiger partial charge in [0, 0.05) is 57.9 Å². The number of aromatic amines is 1. The van der Waals surface area contributed by atoms with Crippen molar-refractivity contribution >= 4 is 28.7 Å². The summed E-state index contributed by atoms with van der Waals surface area (Å²) in [6.07, 6.45) is 0. The second kappa shape index (κ2) is 9.25. The monoisotopic (exact) mass is 446 g/mol. The molecular formula is C21H27ClN6O3. The molecule has 1 N–H and O–H groups in total. The molecule has 1 aliphatic rings. The molecule has 1 aliphatic heterocycles. The van der Waals surface area contributed by atoms with Crippen LogP contribution in [0.15, 0.2) is 33.9 Å². The van der Waals surface area contributed by atoms with Crippen molar-refractivity contribution in [3.05, 3.63) is 55.7 Å². The summed E-state index contributed by atoms with van der Waals surface area (Å²) in [6, 6.07) is 7.92. The van der Waals surface area contributed by atoms with E-state index in [9.17, 15) is 9.59 Å². The van der Waals surface area contributed by atoms with Gasteiger partial charge in [0.15, 0.2) is 11.2 Å². The van der Waals surface area contributed by atoms with Gasteiger partial charge in [-0.05, 0) is 24.6 Å². The zero-order valence-electron chi connectivity index (χ0n) is 17.8. The van der Waals surface area contributed by atoms with E-state index in [1.54, 1.807) is 7.05 Å². The summed E-state index contributed by atoms with van der Waals surface area (Å²) >= 11 is 6.11. The van der Waals surface area contributed by atoms with Crippen molar-refractivity contribution in [2.45, 2.75) is 20.0 Å². The molecular weight excluding hydrogens is 420 g/mol. The average Bonchev–Trinajstić information content (AvgIpc) is 3.13. The number of aromatic nitrogens is 4. The second-order valence-corrected chi connectivity index (χ2v) is 8.08. The van der Waals surface area contributed by atoms with Crippen LogP contribution < -0.4 is 16.1 Å². The van der Waals surface area contributed by atoms with E-state index < -0.39 is 11.2 Å². The summed E-state index contributed by atoms with van der Waals surface area (Å²) in [5, 5.41) is 0.745. The molecule has 0 aliphatic carbocycles. The van der Waals surface area contributed by atoms with E-state index in [0.717, 1.165) is 37.7 Å². The number of aryl methyl sites for hydroxylation is 1. The molecule has 1 fully saturated rings. The molecule has 9 nitrogen and oxygen atoms in total. The summed E-state index contributed by atoms with van der Waals surface area (Å²) in [6.45, 7) is 7.57. The van der Waals surface area contributed by atoms with Crippen molar-refractivity contribution in [1.82, 2.24) is 24.0 Å². The maximum Gasteiger partial charge on any atom is 0.329 e. The third-order valence-electron chi connectivity index (χ3n) is 5.60. The van der Waals surface area contributed by atoms with E-state index in [-0.39, 0.29) is 0 Å². The number of nitrogens with zero attached hydrogens (tertiary/aromatic N) is 5. The molecule has 10 heteroatoms. The smallest absolute Gasteiger partial charge is 0.329 e. The number of hydrogen-bond donors (Lipinski definition) is 1. The highest BCUT2D eigenvalue weighted by Gasteiger charge is 2.25. The largest absolute Gasteiger partial charge is 0.380 e. The number of rotatable bonds is 7. The topological polar surface area (TPSA) is 88.4 Å². The van der Waals surface area contributed by atoms with E-state index in [1.165, 1.54) is 10.1 Å². The number of fused-ring (bicyclic) bond motifs is 1. The summed E-state index contributed by atoms with van der Waals surface area (Å²) in [4.78, 5) is 36.3. The summed E-state index contributed by atoms with van der Waals surface area (Å²) in [5.74, 6) is 0.698. The number of anilines is 1. The first kappa shape index (κ1) is 21.6. The van der Waals surface area contributed by atoms with Gasteiger partial charge < -0.3 is 14.2 Å². The highest BCUT2D eigenvalue weighted by molar-refractivity contribution is 6.30. The quantitative estimate of drug-likeness (QED) is 0.552. The maximum atomic E-state index is 12.6. The van der Waals surface area contributed by atoms with Crippen LogP contribution in [0.2, 0.25) is 5.02 Å². The number of hydrogen-bond acceptors (Lipinski definition) is 6. The molecule has 0 radical (unpaired) electrons. The van der Waals surface area contributed by atoms with Gasteiger partial charge in [-0.1, -0.05) is 23.7 Å². The van der Waals surface area contributed by atoms with E-state index in [1.807, 2.05) is 29.7 Å². The lowest BCUT2D eigenvalue weighted by Gasteiger charge is -2.35. The van der Waals surface area contributed by atoms with Crippen molar-refractivity contribution in [2.75, 3.05) is 44.3 Å². The van der Waals surface area contributed by atoms with Gasteiger partial charge in [0.25, 0.3) is 5.56 Å². The Hall–Kier alpha value is -2.62. The molecule has 3 aromatic rings. The van der Waals surface area contributed by atoms with Crippen LogP contribution >= 0.6 is 11.6 Å². The minimum atomic E-state index is -0.468. The first-order valence-electron chi connectivity index (χ1n) is 10.5. The van der Waals surface area contributed by atoms with Crippen LogP contribution in [-0.4, -0.2) is 63.4 Å². The van der Waals surface area contributed by atoms with Gasteiger partial charge in [-0.3, -0.25) is 19.2 Å². The van der Waals surface area contributed by atoms with E-state index >= 15 is 0 Å². The fourth-order valence-corrected chi connectivity index (χ4v) is 4.19. The van der Waals surface area contributed by atoms with E-state index in [4.69, 9.17) is 21.3 Å². The van der Waals surface area contributed by atoms with Crippen molar-refractivity contribution in [3.63, 3.8) is 0 Å². The normalized spacial score (nSPS) is 15.1.